The van der Waals surface area contributed by atoms with Gasteiger partial charge in [-0.25, -0.2) is 0 Å². The minimum atomic E-state index is 0.865. The Hall–Kier alpha value is -6.58. The lowest BCUT2D eigenvalue weighted by Gasteiger charge is -2.26. The second-order valence-corrected chi connectivity index (χ2v) is 12.5. The van der Waals surface area contributed by atoms with E-state index in [1.807, 2.05) is 0 Å². The van der Waals surface area contributed by atoms with Crippen LogP contribution < -0.4 is 4.90 Å². The Kier molecular flexibility index (Phi) is 6.18. The van der Waals surface area contributed by atoms with E-state index in [2.05, 4.69) is 191 Å². The molecule has 49 heavy (non-hydrogen) atoms. The zero-order chi connectivity index (χ0) is 32.3. The average molecular weight is 627 g/mol. The van der Waals surface area contributed by atoms with Gasteiger partial charge in [0, 0.05) is 49.7 Å². The van der Waals surface area contributed by atoms with Crippen molar-refractivity contribution in [2.75, 3.05) is 4.90 Å². The first kappa shape index (κ1) is 27.5. The minimum Gasteiger partial charge on any atom is -0.453 e. The van der Waals surface area contributed by atoms with Gasteiger partial charge in [0.05, 0.1) is 16.7 Å². The van der Waals surface area contributed by atoms with Gasteiger partial charge in [-0.1, -0.05) is 133 Å². The third kappa shape index (κ3) is 4.23. The van der Waals surface area contributed by atoms with Crippen LogP contribution in [0.5, 0.6) is 0 Å². The highest BCUT2D eigenvalue weighted by molar-refractivity contribution is 6.25. The van der Waals surface area contributed by atoms with Crippen molar-refractivity contribution in [2.24, 2.45) is 0 Å². The Morgan fingerprint density at radius 3 is 1.73 bits per heavy atom. The first-order valence-corrected chi connectivity index (χ1v) is 16.7. The van der Waals surface area contributed by atoms with E-state index in [1.165, 1.54) is 32.6 Å². The Bertz CT molecular complexity index is 2770. The highest BCUT2D eigenvalue weighted by atomic mass is 16.3. The molecule has 0 atom stereocenters. The second kappa shape index (κ2) is 11.0. The van der Waals surface area contributed by atoms with E-state index in [1.54, 1.807) is 0 Å². The molecule has 0 aliphatic rings. The number of benzene rings is 8. The van der Waals surface area contributed by atoms with Crippen LogP contribution in [-0.2, 0) is 0 Å². The highest BCUT2D eigenvalue weighted by Gasteiger charge is 2.24. The molecular formula is C46H30N2O. The largest absolute Gasteiger partial charge is 0.453 e. The van der Waals surface area contributed by atoms with Crippen LogP contribution >= 0.6 is 0 Å². The molecule has 2 heterocycles. The maximum atomic E-state index is 7.22. The smallest absolute Gasteiger partial charge is 0.160 e. The van der Waals surface area contributed by atoms with Gasteiger partial charge in [0.15, 0.2) is 5.58 Å². The number of fused-ring (bicyclic) bond motifs is 8. The number of rotatable bonds is 5. The molecule has 10 rings (SSSR count). The Labute approximate surface area is 283 Å². The van der Waals surface area contributed by atoms with Crippen LogP contribution in [0.15, 0.2) is 186 Å². The van der Waals surface area contributed by atoms with Crippen LogP contribution in [0.2, 0.25) is 0 Å². The number of para-hydroxylation sites is 6. The van der Waals surface area contributed by atoms with Gasteiger partial charge in [-0.2, -0.15) is 0 Å². The van der Waals surface area contributed by atoms with Gasteiger partial charge < -0.3 is 13.9 Å². The summed E-state index contributed by atoms with van der Waals surface area (Å²) in [5, 5.41) is 7.02. The molecule has 0 amide bonds. The van der Waals surface area contributed by atoms with E-state index in [4.69, 9.17) is 4.42 Å². The van der Waals surface area contributed by atoms with Crippen LogP contribution in [0, 0.1) is 0 Å². The van der Waals surface area contributed by atoms with Crippen LogP contribution in [-0.4, -0.2) is 4.57 Å². The van der Waals surface area contributed by atoms with Crippen LogP contribution in [0.1, 0.15) is 0 Å². The highest BCUT2D eigenvalue weighted by Crippen LogP contribution is 2.48. The van der Waals surface area contributed by atoms with E-state index in [9.17, 15) is 0 Å². The van der Waals surface area contributed by atoms with Crippen molar-refractivity contribution in [3.8, 4) is 16.8 Å². The monoisotopic (exact) mass is 626 g/mol. The van der Waals surface area contributed by atoms with Crippen LogP contribution in [0.3, 0.4) is 0 Å². The van der Waals surface area contributed by atoms with Crippen molar-refractivity contribution in [1.29, 1.82) is 0 Å². The van der Waals surface area contributed by atoms with Crippen molar-refractivity contribution >= 4 is 71.6 Å². The molecule has 0 bridgehead atoms. The number of nitrogens with zero attached hydrogens (tertiary/aromatic N) is 2. The molecule has 8 aromatic carbocycles. The molecule has 0 saturated carbocycles. The lowest BCUT2D eigenvalue weighted by Crippen LogP contribution is -2.10. The molecule has 0 aliphatic carbocycles. The summed E-state index contributed by atoms with van der Waals surface area (Å²) in [5.41, 5.74) is 10.6. The zero-order valence-corrected chi connectivity index (χ0v) is 26.6. The van der Waals surface area contributed by atoms with Crippen molar-refractivity contribution in [3.63, 3.8) is 0 Å². The second-order valence-electron chi connectivity index (χ2n) is 12.5. The molecule has 0 radical (unpaired) electrons. The Balaban J connectivity index is 1.33. The molecule has 0 N–H and O–H groups in total. The molecule has 3 heteroatoms. The predicted molar refractivity (Wildman–Crippen MR) is 206 cm³/mol. The van der Waals surface area contributed by atoms with Gasteiger partial charge in [-0.05, 0) is 59.3 Å². The summed E-state index contributed by atoms with van der Waals surface area (Å²) in [4.78, 5) is 2.31. The van der Waals surface area contributed by atoms with Gasteiger partial charge in [0.25, 0.3) is 0 Å². The summed E-state index contributed by atoms with van der Waals surface area (Å²) < 4.78 is 9.62. The summed E-state index contributed by atoms with van der Waals surface area (Å²) >= 11 is 0. The predicted octanol–water partition coefficient (Wildman–Crippen LogP) is 13.0. The van der Waals surface area contributed by atoms with E-state index in [-0.39, 0.29) is 0 Å². The van der Waals surface area contributed by atoms with Crippen molar-refractivity contribution in [2.45, 2.75) is 0 Å². The number of hydrogen-bond donors (Lipinski definition) is 0. The van der Waals surface area contributed by atoms with Crippen molar-refractivity contribution < 1.29 is 4.42 Å². The fourth-order valence-electron chi connectivity index (χ4n) is 7.67. The lowest BCUT2D eigenvalue weighted by atomic mass is 9.97. The number of aromatic nitrogens is 1. The normalized spacial score (nSPS) is 11.7. The molecule has 0 aliphatic heterocycles. The third-order valence-corrected chi connectivity index (χ3v) is 9.74. The molecule has 3 nitrogen and oxygen atoms in total. The number of furan rings is 1. The van der Waals surface area contributed by atoms with E-state index in [0.29, 0.717) is 0 Å². The summed E-state index contributed by atoms with van der Waals surface area (Å²) in [6, 6.07) is 64.6. The topological polar surface area (TPSA) is 21.3 Å². The molecule has 0 saturated heterocycles. The lowest BCUT2D eigenvalue weighted by molar-refractivity contribution is 0.670. The maximum Gasteiger partial charge on any atom is 0.160 e. The summed E-state index contributed by atoms with van der Waals surface area (Å²) in [6.07, 6.45) is 0. The average Bonchev–Trinajstić information content (AvgIpc) is 3.73. The van der Waals surface area contributed by atoms with Gasteiger partial charge in [-0.15, -0.1) is 0 Å². The van der Waals surface area contributed by atoms with Crippen molar-refractivity contribution in [3.05, 3.63) is 182 Å². The molecule has 0 unspecified atom stereocenters. The number of hydrogen-bond acceptors (Lipinski definition) is 2. The van der Waals surface area contributed by atoms with Crippen molar-refractivity contribution in [1.82, 2.24) is 4.57 Å². The molecule has 10 aromatic rings. The Morgan fingerprint density at radius 1 is 0.429 bits per heavy atom. The summed E-state index contributed by atoms with van der Waals surface area (Å²) in [6.45, 7) is 0. The Morgan fingerprint density at radius 2 is 1.00 bits per heavy atom. The van der Waals surface area contributed by atoms with Gasteiger partial charge in [0.2, 0.25) is 0 Å². The van der Waals surface area contributed by atoms with E-state index < -0.39 is 0 Å². The quantitative estimate of drug-likeness (QED) is 0.190. The minimum absolute atomic E-state index is 0.865. The molecule has 2 aromatic heterocycles. The zero-order valence-electron chi connectivity index (χ0n) is 26.6. The van der Waals surface area contributed by atoms with Crippen LogP contribution in [0.4, 0.5) is 17.1 Å². The van der Waals surface area contributed by atoms with E-state index in [0.717, 1.165) is 55.8 Å². The summed E-state index contributed by atoms with van der Waals surface area (Å²) in [5.74, 6) is 0. The standard InChI is InChI=1S/C46H30N2O/c1-4-17-32(18-5-1)47(33-19-6-2-7-20-33)42-30-31-16-10-11-23-35(31)43-40-28-15-27-39(45(40)49-46(42)43)38-26-14-25-37-36-24-12-13-29-41(36)48(44(37)38)34-21-8-3-9-22-34/h1-30H. The van der Waals surface area contributed by atoms with Gasteiger partial charge >= 0.3 is 0 Å². The van der Waals surface area contributed by atoms with E-state index >= 15 is 0 Å². The SMILES string of the molecule is c1ccc(N(c2ccccc2)c2cc3ccccc3c3c2oc2c(-c4cccc5c6ccccc6n(-c6ccccc6)c45)cccc23)cc1. The first-order valence-electron chi connectivity index (χ1n) is 16.7. The fraction of sp³-hybridized carbons (Fsp3) is 0. The van der Waals surface area contributed by atoms with Gasteiger partial charge in [0.1, 0.15) is 5.58 Å². The molecule has 230 valence electrons. The fourth-order valence-corrected chi connectivity index (χ4v) is 7.67. The third-order valence-electron chi connectivity index (χ3n) is 9.74. The first-order chi connectivity index (χ1) is 24.3. The van der Waals surface area contributed by atoms with Gasteiger partial charge in [-0.3, -0.25) is 0 Å². The maximum absolute atomic E-state index is 7.22. The van der Waals surface area contributed by atoms with Crippen LogP contribution in [0.25, 0.3) is 71.3 Å². The molecular weight excluding hydrogens is 597 g/mol. The molecule has 0 fully saturated rings. The molecule has 0 spiro atoms. The summed E-state index contributed by atoms with van der Waals surface area (Å²) in [7, 11) is 0. The number of anilines is 3.